The number of unbranched alkanes of at least 4 members (excludes halogenated alkanes) is 2. The molecule has 0 aliphatic heterocycles. The molecule has 0 radical (unpaired) electrons. The van der Waals surface area contributed by atoms with E-state index in [4.69, 9.17) is 15.7 Å². The van der Waals surface area contributed by atoms with Crippen LogP contribution in [-0.2, 0) is 4.74 Å². The van der Waals surface area contributed by atoms with Gasteiger partial charge in [-0.1, -0.05) is 19.8 Å². The Bertz CT molecular complexity index is 477. The summed E-state index contributed by atoms with van der Waals surface area (Å²) in [5, 5.41) is 12.8. The van der Waals surface area contributed by atoms with Crippen LogP contribution < -0.4 is 11.1 Å². The number of esters is 1. The smallest absolute Gasteiger partial charge is 0.343 e. The summed E-state index contributed by atoms with van der Waals surface area (Å²) in [6.45, 7) is 4.90. The van der Waals surface area contributed by atoms with Gasteiger partial charge in [0.15, 0.2) is 0 Å². The predicted molar refractivity (Wildman–Crippen MR) is 77.4 cm³/mol. The highest BCUT2D eigenvalue weighted by Crippen LogP contribution is 2.35. The fourth-order valence-corrected chi connectivity index (χ4v) is 2.57. The highest BCUT2D eigenvalue weighted by Gasteiger charge is 2.22. The third-order valence-electron chi connectivity index (χ3n) is 2.59. The van der Waals surface area contributed by atoms with Gasteiger partial charge in [0.05, 0.1) is 12.3 Å². The van der Waals surface area contributed by atoms with Gasteiger partial charge in [0.2, 0.25) is 0 Å². The monoisotopic (exact) mass is 281 g/mol. The SMILES string of the molecule is CCCCCNc1sc(C#N)c(N)c1C(=O)OCC. The Morgan fingerprint density at radius 3 is 2.79 bits per heavy atom. The quantitative estimate of drug-likeness (QED) is 0.592. The first-order chi connectivity index (χ1) is 9.15. The first kappa shape index (κ1) is 15.3. The van der Waals surface area contributed by atoms with Gasteiger partial charge in [0.1, 0.15) is 21.5 Å². The van der Waals surface area contributed by atoms with Gasteiger partial charge in [-0.2, -0.15) is 5.26 Å². The molecule has 1 aromatic rings. The summed E-state index contributed by atoms with van der Waals surface area (Å²) in [6, 6.07) is 2.00. The average Bonchev–Trinajstić information content (AvgIpc) is 2.71. The van der Waals surface area contributed by atoms with Gasteiger partial charge >= 0.3 is 5.97 Å². The van der Waals surface area contributed by atoms with E-state index in [1.165, 1.54) is 11.3 Å². The lowest BCUT2D eigenvalue weighted by atomic mass is 10.2. The maximum Gasteiger partial charge on any atom is 0.343 e. The van der Waals surface area contributed by atoms with Crippen LogP contribution in [0.2, 0.25) is 0 Å². The second kappa shape index (κ2) is 7.64. The van der Waals surface area contributed by atoms with Gasteiger partial charge in [-0.25, -0.2) is 4.79 Å². The number of ether oxygens (including phenoxy) is 1. The zero-order valence-corrected chi connectivity index (χ0v) is 12.1. The third-order valence-corrected chi connectivity index (χ3v) is 3.66. The van der Waals surface area contributed by atoms with Crippen LogP contribution in [0.25, 0.3) is 0 Å². The largest absolute Gasteiger partial charge is 0.462 e. The van der Waals surface area contributed by atoms with E-state index in [-0.39, 0.29) is 12.3 Å². The molecule has 0 atom stereocenters. The normalized spacial score (nSPS) is 9.95. The first-order valence-electron chi connectivity index (χ1n) is 6.39. The van der Waals surface area contributed by atoms with E-state index in [2.05, 4.69) is 12.2 Å². The number of thiophene rings is 1. The number of nitrogen functional groups attached to an aromatic ring is 1. The second-order valence-electron chi connectivity index (χ2n) is 4.02. The summed E-state index contributed by atoms with van der Waals surface area (Å²) in [6.07, 6.45) is 3.26. The van der Waals surface area contributed by atoms with Crippen molar-refractivity contribution in [1.82, 2.24) is 0 Å². The zero-order valence-electron chi connectivity index (χ0n) is 11.3. The lowest BCUT2D eigenvalue weighted by Gasteiger charge is -2.07. The number of carbonyl (C=O) groups is 1. The maximum atomic E-state index is 11.9. The van der Waals surface area contributed by atoms with E-state index >= 15 is 0 Å². The Labute approximate surface area is 117 Å². The maximum absolute atomic E-state index is 11.9. The lowest BCUT2D eigenvalue weighted by molar-refractivity contribution is 0.0529. The van der Waals surface area contributed by atoms with Crippen molar-refractivity contribution in [2.75, 3.05) is 24.2 Å². The molecule has 0 bridgehead atoms. The molecule has 1 aromatic heterocycles. The molecule has 0 spiro atoms. The minimum absolute atomic E-state index is 0.212. The molecule has 0 fully saturated rings. The number of carbonyl (C=O) groups excluding carboxylic acids is 1. The van der Waals surface area contributed by atoms with Gasteiger partial charge < -0.3 is 15.8 Å². The van der Waals surface area contributed by atoms with Crippen LogP contribution in [0, 0.1) is 11.3 Å². The molecule has 0 saturated carbocycles. The molecule has 0 unspecified atom stereocenters. The number of anilines is 2. The molecule has 0 saturated heterocycles. The van der Waals surface area contributed by atoms with Crippen LogP contribution in [0.15, 0.2) is 0 Å². The van der Waals surface area contributed by atoms with Crippen molar-refractivity contribution >= 4 is 28.0 Å². The Kier molecular flexibility index (Phi) is 6.16. The van der Waals surface area contributed by atoms with Crippen molar-refractivity contribution in [2.45, 2.75) is 33.1 Å². The lowest BCUT2D eigenvalue weighted by Crippen LogP contribution is -2.10. The molecule has 1 heterocycles. The van der Waals surface area contributed by atoms with E-state index in [9.17, 15) is 4.79 Å². The van der Waals surface area contributed by atoms with Crippen molar-refractivity contribution < 1.29 is 9.53 Å². The van der Waals surface area contributed by atoms with Crippen molar-refractivity contribution in [3.63, 3.8) is 0 Å². The fraction of sp³-hybridized carbons (Fsp3) is 0.538. The van der Waals surface area contributed by atoms with Crippen molar-refractivity contribution in [1.29, 1.82) is 5.26 Å². The highest BCUT2D eigenvalue weighted by molar-refractivity contribution is 7.17. The minimum Gasteiger partial charge on any atom is -0.462 e. The van der Waals surface area contributed by atoms with Crippen LogP contribution in [0.4, 0.5) is 10.7 Å². The first-order valence-corrected chi connectivity index (χ1v) is 7.20. The summed E-state index contributed by atoms with van der Waals surface area (Å²) in [4.78, 5) is 12.2. The summed E-state index contributed by atoms with van der Waals surface area (Å²) in [7, 11) is 0. The van der Waals surface area contributed by atoms with Gasteiger partial charge in [-0.15, -0.1) is 11.3 Å². The van der Waals surface area contributed by atoms with Crippen LogP contribution >= 0.6 is 11.3 Å². The zero-order chi connectivity index (χ0) is 14.3. The highest BCUT2D eigenvalue weighted by atomic mass is 32.1. The van der Waals surface area contributed by atoms with Crippen molar-refractivity contribution in [3.05, 3.63) is 10.4 Å². The topological polar surface area (TPSA) is 88.1 Å². The van der Waals surface area contributed by atoms with Gasteiger partial charge in [0.25, 0.3) is 0 Å². The molecule has 5 nitrogen and oxygen atoms in total. The Hall–Kier alpha value is -1.74. The number of hydrogen-bond acceptors (Lipinski definition) is 6. The van der Waals surface area contributed by atoms with Gasteiger partial charge in [-0.05, 0) is 13.3 Å². The second-order valence-corrected chi connectivity index (χ2v) is 5.04. The van der Waals surface area contributed by atoms with E-state index in [0.717, 1.165) is 25.8 Å². The Morgan fingerprint density at radius 2 is 2.21 bits per heavy atom. The van der Waals surface area contributed by atoms with Crippen molar-refractivity contribution in [3.8, 4) is 6.07 Å². The number of nitrogens with zero attached hydrogens (tertiary/aromatic N) is 1. The number of nitrogens with one attached hydrogen (secondary N) is 1. The number of nitrogens with two attached hydrogens (primary N) is 1. The molecule has 19 heavy (non-hydrogen) atoms. The molecule has 0 aromatic carbocycles. The van der Waals surface area contributed by atoms with E-state index in [1.807, 2.05) is 6.07 Å². The minimum atomic E-state index is -0.476. The molecule has 1 rings (SSSR count). The van der Waals surface area contributed by atoms with E-state index in [0.29, 0.717) is 15.4 Å². The Balaban J connectivity index is 2.89. The average molecular weight is 281 g/mol. The molecule has 6 heteroatoms. The molecule has 0 aliphatic carbocycles. The van der Waals surface area contributed by atoms with Crippen LogP contribution in [-0.4, -0.2) is 19.1 Å². The van der Waals surface area contributed by atoms with Crippen LogP contribution in [0.5, 0.6) is 0 Å². The third kappa shape index (κ3) is 3.86. The van der Waals surface area contributed by atoms with Crippen molar-refractivity contribution in [2.24, 2.45) is 0 Å². The van der Waals surface area contributed by atoms with Gasteiger partial charge in [0, 0.05) is 6.54 Å². The molecular formula is C13H19N3O2S. The molecule has 104 valence electrons. The molecule has 0 amide bonds. The molecule has 3 N–H and O–H groups in total. The molecule has 0 aliphatic rings. The van der Waals surface area contributed by atoms with E-state index < -0.39 is 5.97 Å². The number of hydrogen-bond donors (Lipinski definition) is 2. The summed E-state index contributed by atoms with van der Waals surface area (Å²) in [5.74, 6) is -0.476. The molecular weight excluding hydrogens is 262 g/mol. The van der Waals surface area contributed by atoms with E-state index in [1.54, 1.807) is 6.92 Å². The summed E-state index contributed by atoms with van der Waals surface area (Å²) >= 11 is 1.20. The van der Waals surface area contributed by atoms with Gasteiger partial charge in [-0.3, -0.25) is 0 Å². The summed E-state index contributed by atoms with van der Waals surface area (Å²) in [5.41, 5.74) is 6.33. The Morgan fingerprint density at radius 1 is 1.47 bits per heavy atom. The number of nitriles is 1. The summed E-state index contributed by atoms with van der Waals surface area (Å²) < 4.78 is 4.97. The fourth-order valence-electron chi connectivity index (χ4n) is 1.63. The standard InChI is InChI=1S/C13H19N3O2S/c1-3-5-6-7-16-12-10(13(17)18-4-2)11(15)9(8-14)19-12/h16H,3-7,15H2,1-2H3. The predicted octanol–water partition coefficient (Wildman–Crippen LogP) is 2.98. The number of rotatable bonds is 7. The van der Waals surface area contributed by atoms with Crippen LogP contribution in [0.3, 0.4) is 0 Å². The van der Waals surface area contributed by atoms with Crippen LogP contribution in [0.1, 0.15) is 48.3 Å².